The SMILES string of the molecule is CCN(C)C=Nc1cc(C)c(Nc2cc(C(F)(F)F)cc(C(F)(F)F)c2)cc1C. The predicted octanol–water partition coefficient (Wildman–Crippen LogP) is 6.70. The fourth-order valence-corrected chi connectivity index (χ4v) is 2.50. The van der Waals surface area contributed by atoms with Gasteiger partial charge in [0.1, 0.15) is 0 Å². The summed E-state index contributed by atoms with van der Waals surface area (Å²) < 4.78 is 78.2. The van der Waals surface area contributed by atoms with E-state index in [9.17, 15) is 26.3 Å². The van der Waals surface area contributed by atoms with Crippen molar-refractivity contribution in [3.8, 4) is 0 Å². The molecule has 0 heterocycles. The molecule has 0 unspecified atom stereocenters. The van der Waals surface area contributed by atoms with E-state index in [0.717, 1.165) is 12.1 Å². The van der Waals surface area contributed by atoms with Gasteiger partial charge in [0.25, 0.3) is 0 Å². The van der Waals surface area contributed by atoms with Crippen LogP contribution in [0.2, 0.25) is 0 Å². The highest BCUT2D eigenvalue weighted by Crippen LogP contribution is 2.38. The molecule has 0 aliphatic rings. The zero-order valence-electron chi connectivity index (χ0n) is 16.3. The molecule has 3 nitrogen and oxygen atoms in total. The third-order valence-corrected chi connectivity index (χ3v) is 4.30. The van der Waals surface area contributed by atoms with Crippen molar-refractivity contribution in [1.29, 1.82) is 0 Å². The molecule has 0 amide bonds. The first-order chi connectivity index (χ1) is 13.3. The minimum absolute atomic E-state index is 0.103. The number of alkyl halides is 6. The monoisotopic (exact) mass is 417 g/mol. The number of aryl methyl sites for hydroxylation is 2. The summed E-state index contributed by atoms with van der Waals surface area (Å²) in [5.41, 5.74) is -0.612. The lowest BCUT2D eigenvalue weighted by molar-refractivity contribution is -0.143. The Bertz CT molecular complexity index is 868. The number of aliphatic imine (C=N–C) groups is 1. The Morgan fingerprint density at radius 2 is 1.45 bits per heavy atom. The van der Waals surface area contributed by atoms with Gasteiger partial charge in [0, 0.05) is 25.0 Å². The molecular formula is C20H21F6N3. The topological polar surface area (TPSA) is 27.6 Å². The predicted molar refractivity (Wildman–Crippen MR) is 102 cm³/mol. The van der Waals surface area contributed by atoms with Crippen LogP contribution in [0.15, 0.2) is 35.3 Å². The number of nitrogens with one attached hydrogen (secondary N) is 1. The lowest BCUT2D eigenvalue weighted by atomic mass is 10.1. The Balaban J connectivity index is 2.43. The van der Waals surface area contributed by atoms with Gasteiger partial charge in [0.2, 0.25) is 0 Å². The van der Waals surface area contributed by atoms with E-state index < -0.39 is 23.5 Å². The van der Waals surface area contributed by atoms with E-state index in [0.29, 0.717) is 29.1 Å². The smallest absolute Gasteiger partial charge is 0.366 e. The molecule has 0 fully saturated rings. The first-order valence-electron chi connectivity index (χ1n) is 8.73. The average Bonchev–Trinajstić information content (AvgIpc) is 2.61. The Morgan fingerprint density at radius 1 is 0.897 bits per heavy atom. The molecule has 158 valence electrons. The van der Waals surface area contributed by atoms with Crippen molar-refractivity contribution < 1.29 is 26.3 Å². The molecule has 0 saturated heterocycles. The molecule has 0 bridgehead atoms. The Morgan fingerprint density at radius 3 is 1.93 bits per heavy atom. The highest BCUT2D eigenvalue weighted by molar-refractivity contribution is 5.71. The summed E-state index contributed by atoms with van der Waals surface area (Å²) >= 11 is 0. The number of rotatable bonds is 5. The molecule has 0 radical (unpaired) electrons. The molecule has 2 aromatic rings. The normalized spacial score (nSPS) is 12.5. The minimum Gasteiger partial charge on any atom is -0.366 e. The standard InChI is InChI=1S/C20H21F6N3/c1-5-29(4)11-27-17-6-13(3)18(7-12(17)2)28-16-9-14(19(21,22)23)8-15(10-16)20(24,25)26/h6-11,28H,5H2,1-4H3. The summed E-state index contributed by atoms with van der Waals surface area (Å²) in [6.45, 7) is 6.18. The number of benzene rings is 2. The maximum atomic E-state index is 13.0. The van der Waals surface area contributed by atoms with Gasteiger partial charge < -0.3 is 10.2 Å². The van der Waals surface area contributed by atoms with Crippen LogP contribution in [-0.2, 0) is 12.4 Å². The van der Waals surface area contributed by atoms with Crippen LogP contribution in [-0.4, -0.2) is 24.8 Å². The molecule has 2 aromatic carbocycles. The maximum absolute atomic E-state index is 13.0. The molecule has 1 N–H and O–H groups in total. The summed E-state index contributed by atoms with van der Waals surface area (Å²) in [5.74, 6) is 0. The van der Waals surface area contributed by atoms with Gasteiger partial charge in [-0.2, -0.15) is 26.3 Å². The number of anilines is 2. The van der Waals surface area contributed by atoms with Crippen molar-refractivity contribution in [2.24, 2.45) is 4.99 Å². The molecule has 2 rings (SSSR count). The highest BCUT2D eigenvalue weighted by Gasteiger charge is 2.37. The van der Waals surface area contributed by atoms with Gasteiger partial charge in [0.05, 0.1) is 23.2 Å². The molecule has 0 aliphatic heterocycles. The van der Waals surface area contributed by atoms with Crippen molar-refractivity contribution in [2.75, 3.05) is 18.9 Å². The second-order valence-corrected chi connectivity index (χ2v) is 6.69. The van der Waals surface area contributed by atoms with E-state index in [1.54, 1.807) is 32.3 Å². The van der Waals surface area contributed by atoms with Gasteiger partial charge >= 0.3 is 12.4 Å². The third kappa shape index (κ3) is 5.88. The second kappa shape index (κ2) is 8.34. The Labute approximate surface area is 165 Å². The van der Waals surface area contributed by atoms with Crippen molar-refractivity contribution in [1.82, 2.24) is 4.90 Å². The van der Waals surface area contributed by atoms with Gasteiger partial charge in [-0.3, -0.25) is 0 Å². The van der Waals surface area contributed by atoms with Crippen molar-refractivity contribution >= 4 is 23.4 Å². The van der Waals surface area contributed by atoms with Crippen LogP contribution in [0.4, 0.5) is 43.4 Å². The molecule has 0 aliphatic carbocycles. The number of halogens is 6. The zero-order valence-corrected chi connectivity index (χ0v) is 16.3. The Kier molecular flexibility index (Phi) is 6.50. The van der Waals surface area contributed by atoms with Crippen LogP contribution >= 0.6 is 0 Å². The van der Waals surface area contributed by atoms with Gasteiger partial charge in [0.15, 0.2) is 0 Å². The maximum Gasteiger partial charge on any atom is 0.416 e. The van der Waals surface area contributed by atoms with E-state index in [1.807, 2.05) is 18.9 Å². The Hall–Kier alpha value is -2.71. The summed E-state index contributed by atoms with van der Waals surface area (Å²) in [6.07, 6.45) is -8.14. The summed E-state index contributed by atoms with van der Waals surface area (Å²) in [4.78, 5) is 6.22. The molecule has 9 heteroatoms. The zero-order chi connectivity index (χ0) is 22.0. The molecular weight excluding hydrogens is 396 g/mol. The van der Waals surface area contributed by atoms with Crippen LogP contribution < -0.4 is 5.32 Å². The van der Waals surface area contributed by atoms with Gasteiger partial charge in [-0.25, -0.2) is 4.99 Å². The van der Waals surface area contributed by atoms with E-state index >= 15 is 0 Å². The van der Waals surface area contributed by atoms with Crippen LogP contribution in [0.25, 0.3) is 0 Å². The van der Waals surface area contributed by atoms with Crippen LogP contribution in [0.1, 0.15) is 29.2 Å². The summed E-state index contributed by atoms with van der Waals surface area (Å²) in [5, 5.41) is 2.68. The number of nitrogens with zero attached hydrogens (tertiary/aromatic N) is 2. The average molecular weight is 417 g/mol. The van der Waals surface area contributed by atoms with Crippen molar-refractivity contribution in [3.05, 3.63) is 52.6 Å². The van der Waals surface area contributed by atoms with E-state index in [2.05, 4.69) is 10.3 Å². The van der Waals surface area contributed by atoms with E-state index in [-0.39, 0.29) is 11.8 Å². The lowest BCUT2D eigenvalue weighted by Gasteiger charge is -2.17. The highest BCUT2D eigenvalue weighted by atomic mass is 19.4. The van der Waals surface area contributed by atoms with E-state index in [4.69, 9.17) is 0 Å². The van der Waals surface area contributed by atoms with Gasteiger partial charge in [-0.1, -0.05) is 0 Å². The molecule has 0 saturated carbocycles. The molecule has 0 spiro atoms. The van der Waals surface area contributed by atoms with Crippen LogP contribution in [0, 0.1) is 13.8 Å². The minimum atomic E-state index is -4.90. The van der Waals surface area contributed by atoms with E-state index in [1.165, 1.54) is 0 Å². The third-order valence-electron chi connectivity index (χ3n) is 4.30. The first-order valence-corrected chi connectivity index (χ1v) is 8.73. The molecule has 0 atom stereocenters. The van der Waals surface area contributed by atoms with Gasteiger partial charge in [-0.15, -0.1) is 0 Å². The molecule has 0 aromatic heterocycles. The first kappa shape index (κ1) is 22.6. The summed E-state index contributed by atoms with van der Waals surface area (Å²) in [6, 6.07) is 4.78. The largest absolute Gasteiger partial charge is 0.416 e. The fourth-order valence-electron chi connectivity index (χ4n) is 2.50. The molecule has 29 heavy (non-hydrogen) atoms. The van der Waals surface area contributed by atoms with Crippen LogP contribution in [0.5, 0.6) is 0 Å². The quantitative estimate of drug-likeness (QED) is 0.333. The number of hydrogen-bond donors (Lipinski definition) is 1. The lowest BCUT2D eigenvalue weighted by Crippen LogP contribution is -2.14. The van der Waals surface area contributed by atoms with Crippen LogP contribution in [0.3, 0.4) is 0 Å². The second-order valence-electron chi connectivity index (χ2n) is 6.69. The van der Waals surface area contributed by atoms with Crippen molar-refractivity contribution in [3.63, 3.8) is 0 Å². The number of hydrogen-bond acceptors (Lipinski definition) is 2. The fraction of sp³-hybridized carbons (Fsp3) is 0.350. The summed E-state index contributed by atoms with van der Waals surface area (Å²) in [7, 11) is 1.85. The van der Waals surface area contributed by atoms with Gasteiger partial charge in [-0.05, 0) is 62.2 Å². The van der Waals surface area contributed by atoms with Crippen molar-refractivity contribution in [2.45, 2.75) is 33.1 Å².